The predicted octanol–water partition coefficient (Wildman–Crippen LogP) is 5.69. The van der Waals surface area contributed by atoms with Gasteiger partial charge in [0.2, 0.25) is 0 Å². The second kappa shape index (κ2) is 5.93. The minimum absolute atomic E-state index is 0.363. The normalized spacial score (nSPS) is 32.9. The molecule has 4 heteroatoms. The van der Waals surface area contributed by atoms with Gasteiger partial charge in [-0.3, -0.25) is 0 Å². The number of aliphatic hydroxyl groups excluding tert-OH is 1. The first kappa shape index (κ1) is 14.2. The lowest BCUT2D eigenvalue weighted by Gasteiger charge is -2.40. The van der Waals surface area contributed by atoms with E-state index in [1.54, 1.807) is 0 Å². The quantitative estimate of drug-likeness (QED) is 0.742. The Morgan fingerprint density at radius 2 is 1.84 bits per heavy atom. The summed E-state index contributed by atoms with van der Waals surface area (Å²) in [7, 11) is 0. The van der Waals surface area contributed by atoms with Crippen LogP contribution in [0.25, 0.3) is 0 Å². The van der Waals surface area contributed by atoms with Crippen LogP contribution in [0.4, 0.5) is 0 Å². The van der Waals surface area contributed by atoms with Crippen LogP contribution < -0.4 is 0 Å². The summed E-state index contributed by atoms with van der Waals surface area (Å²) in [5.74, 6) is 2.11. The van der Waals surface area contributed by atoms with Crippen molar-refractivity contribution < 1.29 is 5.11 Å². The molecule has 1 heterocycles. The van der Waals surface area contributed by atoms with Crippen LogP contribution in [0.15, 0.2) is 6.07 Å². The number of halogens is 2. The van der Waals surface area contributed by atoms with Crippen molar-refractivity contribution >= 4 is 34.5 Å². The summed E-state index contributed by atoms with van der Waals surface area (Å²) in [6, 6.07) is 1.84. The summed E-state index contributed by atoms with van der Waals surface area (Å²) >= 11 is 13.5. The van der Waals surface area contributed by atoms with E-state index >= 15 is 0 Å². The fraction of sp³-hybridized carbons (Fsp3) is 0.733. The molecular weight excluding hydrogens is 299 g/mol. The fourth-order valence-electron chi connectivity index (χ4n) is 4.01. The first-order valence-corrected chi connectivity index (χ1v) is 8.85. The summed E-state index contributed by atoms with van der Waals surface area (Å²) in [6.07, 6.45) is 8.67. The maximum Gasteiger partial charge on any atom is 0.100 e. The predicted molar refractivity (Wildman–Crippen MR) is 82.1 cm³/mol. The van der Waals surface area contributed by atoms with Gasteiger partial charge in [0.05, 0.1) is 10.4 Å². The smallest absolute Gasteiger partial charge is 0.100 e. The third-order valence-corrected chi connectivity index (χ3v) is 6.55. The van der Waals surface area contributed by atoms with Gasteiger partial charge in [0.15, 0.2) is 0 Å². The zero-order chi connectivity index (χ0) is 13.4. The van der Waals surface area contributed by atoms with Gasteiger partial charge in [0.25, 0.3) is 0 Å². The van der Waals surface area contributed by atoms with E-state index in [-0.39, 0.29) is 0 Å². The van der Waals surface area contributed by atoms with Crippen LogP contribution in [0.1, 0.15) is 56.6 Å². The molecule has 0 aliphatic heterocycles. The first-order chi connectivity index (χ1) is 9.15. The topological polar surface area (TPSA) is 20.2 Å². The van der Waals surface area contributed by atoms with E-state index in [0.717, 1.165) is 30.2 Å². The van der Waals surface area contributed by atoms with Crippen LogP contribution in [-0.2, 0) is 0 Å². The van der Waals surface area contributed by atoms with E-state index in [0.29, 0.717) is 14.6 Å². The lowest BCUT2D eigenvalue weighted by Crippen LogP contribution is -2.30. The minimum Gasteiger partial charge on any atom is -0.388 e. The highest BCUT2D eigenvalue weighted by Crippen LogP contribution is 2.48. The lowest BCUT2D eigenvalue weighted by atomic mass is 9.66. The van der Waals surface area contributed by atoms with Crippen LogP contribution in [-0.4, -0.2) is 5.11 Å². The van der Waals surface area contributed by atoms with Crippen LogP contribution in [0.5, 0.6) is 0 Å². The molecule has 0 aromatic carbocycles. The number of thiophene rings is 1. The zero-order valence-electron chi connectivity index (χ0n) is 10.9. The van der Waals surface area contributed by atoms with E-state index in [9.17, 15) is 5.11 Å². The van der Waals surface area contributed by atoms with Gasteiger partial charge in [-0.1, -0.05) is 48.9 Å². The Balaban J connectivity index is 1.70. The van der Waals surface area contributed by atoms with Crippen molar-refractivity contribution in [3.05, 3.63) is 20.3 Å². The molecule has 1 nitrogen and oxygen atoms in total. The van der Waals surface area contributed by atoms with Crippen molar-refractivity contribution in [3.8, 4) is 0 Å². The molecule has 1 aromatic heterocycles. The van der Waals surface area contributed by atoms with Crippen molar-refractivity contribution in [3.63, 3.8) is 0 Å². The molecule has 2 fully saturated rings. The molecule has 2 aliphatic carbocycles. The lowest BCUT2D eigenvalue weighted by molar-refractivity contribution is 0.0352. The van der Waals surface area contributed by atoms with Crippen molar-refractivity contribution in [1.29, 1.82) is 0 Å². The maximum atomic E-state index is 10.6. The van der Waals surface area contributed by atoms with Gasteiger partial charge in [-0.25, -0.2) is 0 Å². The molecule has 0 saturated heterocycles. The summed E-state index contributed by atoms with van der Waals surface area (Å²) in [5.41, 5.74) is 0.843. The number of hydrogen-bond donors (Lipinski definition) is 1. The fourth-order valence-corrected chi connectivity index (χ4v) is 5.54. The highest BCUT2D eigenvalue weighted by Gasteiger charge is 2.36. The van der Waals surface area contributed by atoms with E-state index in [1.165, 1.54) is 43.4 Å². The van der Waals surface area contributed by atoms with Gasteiger partial charge in [-0.15, -0.1) is 11.3 Å². The van der Waals surface area contributed by atoms with Crippen LogP contribution in [0.3, 0.4) is 0 Å². The monoisotopic (exact) mass is 318 g/mol. The van der Waals surface area contributed by atoms with E-state index < -0.39 is 6.10 Å². The Labute approximate surface area is 128 Å². The highest BCUT2D eigenvalue weighted by atomic mass is 35.5. The molecule has 106 valence electrons. The Bertz CT molecular complexity index is 445. The van der Waals surface area contributed by atoms with Crippen molar-refractivity contribution in [2.45, 2.75) is 51.0 Å². The first-order valence-electron chi connectivity index (χ1n) is 7.28. The van der Waals surface area contributed by atoms with Crippen LogP contribution >= 0.6 is 34.5 Å². The zero-order valence-corrected chi connectivity index (χ0v) is 13.3. The average Bonchev–Trinajstić information content (AvgIpc) is 2.76. The number of aliphatic hydroxyl groups is 1. The molecule has 2 aliphatic rings. The Kier molecular flexibility index (Phi) is 4.43. The SMILES string of the molecule is OC(c1cc(Cl)sc1Cl)C1CCC2CCCCC2C1. The Morgan fingerprint density at radius 1 is 1.11 bits per heavy atom. The Hall–Kier alpha value is 0.240. The molecule has 1 aromatic rings. The number of hydrogen-bond acceptors (Lipinski definition) is 2. The summed E-state index contributed by atoms with van der Waals surface area (Å²) in [6.45, 7) is 0. The van der Waals surface area contributed by atoms with Gasteiger partial charge in [-0.05, 0) is 43.1 Å². The molecule has 2 saturated carbocycles. The van der Waals surface area contributed by atoms with E-state index in [4.69, 9.17) is 23.2 Å². The van der Waals surface area contributed by atoms with E-state index in [2.05, 4.69) is 0 Å². The van der Waals surface area contributed by atoms with Gasteiger partial charge < -0.3 is 5.11 Å². The molecule has 0 radical (unpaired) electrons. The van der Waals surface area contributed by atoms with Gasteiger partial charge in [0, 0.05) is 5.56 Å². The maximum absolute atomic E-state index is 10.6. The van der Waals surface area contributed by atoms with Crippen molar-refractivity contribution in [2.24, 2.45) is 17.8 Å². The van der Waals surface area contributed by atoms with Crippen molar-refractivity contribution in [2.75, 3.05) is 0 Å². The summed E-state index contributed by atoms with van der Waals surface area (Å²) in [4.78, 5) is 0. The molecule has 4 atom stereocenters. The largest absolute Gasteiger partial charge is 0.388 e. The average molecular weight is 319 g/mol. The number of fused-ring (bicyclic) bond motifs is 1. The molecular formula is C15H20Cl2OS. The standard InChI is InChI=1S/C15H20Cl2OS/c16-13-8-12(15(17)19-13)14(18)11-6-5-9-3-1-2-4-10(9)7-11/h8-11,14,18H,1-7H2. The third kappa shape index (κ3) is 2.97. The number of rotatable bonds is 2. The molecule has 4 unspecified atom stereocenters. The molecule has 0 spiro atoms. The molecule has 1 N–H and O–H groups in total. The van der Waals surface area contributed by atoms with Crippen molar-refractivity contribution in [1.82, 2.24) is 0 Å². The minimum atomic E-state index is -0.431. The molecule has 3 rings (SSSR count). The van der Waals surface area contributed by atoms with Gasteiger partial charge >= 0.3 is 0 Å². The highest BCUT2D eigenvalue weighted by molar-refractivity contribution is 7.20. The molecule has 0 amide bonds. The van der Waals surface area contributed by atoms with Gasteiger partial charge in [-0.2, -0.15) is 0 Å². The molecule has 0 bridgehead atoms. The summed E-state index contributed by atoms with van der Waals surface area (Å²) in [5, 5.41) is 10.6. The van der Waals surface area contributed by atoms with Crippen LogP contribution in [0.2, 0.25) is 8.67 Å². The molecule has 19 heavy (non-hydrogen) atoms. The summed E-state index contributed by atoms with van der Waals surface area (Å²) < 4.78 is 1.33. The second-order valence-electron chi connectivity index (χ2n) is 6.10. The Morgan fingerprint density at radius 3 is 2.53 bits per heavy atom. The second-order valence-corrected chi connectivity index (χ2v) is 8.39. The van der Waals surface area contributed by atoms with E-state index in [1.807, 2.05) is 6.07 Å². The third-order valence-electron chi connectivity index (χ3n) is 5.03. The van der Waals surface area contributed by atoms with Crippen LogP contribution in [0, 0.1) is 17.8 Å². The van der Waals surface area contributed by atoms with Gasteiger partial charge in [0.1, 0.15) is 4.34 Å².